The predicted octanol–water partition coefficient (Wildman–Crippen LogP) is 18.2. The number of hydrogen-bond donors (Lipinski definition) is 0. The first-order chi connectivity index (χ1) is 34.4. The number of aryl methyl sites for hydroxylation is 4. The Labute approximate surface area is 447 Å². The van der Waals surface area contributed by atoms with Crippen LogP contribution in [0, 0.1) is 27.7 Å². The molecule has 2 aliphatic heterocycles. The Hall–Kier alpha value is -6.52. The average Bonchev–Trinajstić information content (AvgIpc) is 3.30. The standard InChI is InChI=1S/C70H82BN3/c1-22-47-24-28-55(38-48(47)23-2)72(54-29-25-49(26-30-54)66(7,8)9)56-31-33-58-60(42-56)74(65-45(5)36-52(37-46(65)6)69(16,17)18)62-41-53(70(19,20)21)40-61-63(62)71(58)57-32-27-50(67(10,11)12)39-59(57)73(61)64-43(3)34-51(35-44(64)4)68(13,14)15/h22-42H,1-2H2,3-21H3. The molecule has 0 aromatic heterocycles. The third-order valence-electron chi connectivity index (χ3n) is 16.0. The van der Waals surface area contributed by atoms with E-state index in [-0.39, 0.29) is 33.8 Å². The second-order valence-electron chi connectivity index (χ2n) is 26.8. The highest BCUT2D eigenvalue weighted by Gasteiger charge is 2.46. The van der Waals surface area contributed by atoms with Crippen LogP contribution in [-0.4, -0.2) is 6.71 Å². The maximum atomic E-state index is 4.25. The molecule has 0 bridgehead atoms. The highest BCUT2D eigenvalue weighted by Crippen LogP contribution is 2.51. The second-order valence-corrected chi connectivity index (χ2v) is 26.8. The molecule has 7 aromatic carbocycles. The minimum absolute atomic E-state index is 0.0133. The first kappa shape index (κ1) is 52.4. The molecular weight excluding hydrogens is 894 g/mol. The van der Waals surface area contributed by atoms with Crippen LogP contribution in [0.2, 0.25) is 0 Å². The van der Waals surface area contributed by atoms with Gasteiger partial charge in [0.15, 0.2) is 0 Å². The van der Waals surface area contributed by atoms with E-state index in [4.69, 9.17) is 0 Å². The summed E-state index contributed by atoms with van der Waals surface area (Å²) in [5, 5.41) is 0. The van der Waals surface area contributed by atoms with Crippen LogP contribution < -0.4 is 31.1 Å². The van der Waals surface area contributed by atoms with Crippen molar-refractivity contribution in [2.24, 2.45) is 0 Å². The normalized spacial score (nSPS) is 13.6. The lowest BCUT2D eigenvalue weighted by molar-refractivity contribution is 0.588. The Morgan fingerprint density at radius 3 is 1.15 bits per heavy atom. The number of anilines is 9. The summed E-state index contributed by atoms with van der Waals surface area (Å²) >= 11 is 0. The zero-order valence-electron chi connectivity index (χ0n) is 48.5. The van der Waals surface area contributed by atoms with E-state index in [0.29, 0.717) is 0 Å². The van der Waals surface area contributed by atoms with Crippen molar-refractivity contribution < 1.29 is 0 Å². The van der Waals surface area contributed by atoms with Crippen LogP contribution in [0.5, 0.6) is 0 Å². The third kappa shape index (κ3) is 9.15. The molecule has 0 aliphatic carbocycles. The molecule has 3 nitrogen and oxygen atoms in total. The van der Waals surface area contributed by atoms with Crippen LogP contribution >= 0.6 is 0 Å². The van der Waals surface area contributed by atoms with E-state index >= 15 is 0 Å². The maximum Gasteiger partial charge on any atom is 0.252 e. The van der Waals surface area contributed by atoms with Crippen LogP contribution in [0.4, 0.5) is 51.2 Å². The summed E-state index contributed by atoms with van der Waals surface area (Å²) in [6, 6.07) is 45.4. The van der Waals surface area contributed by atoms with Crippen molar-refractivity contribution in [2.45, 2.75) is 159 Å². The molecule has 0 N–H and O–H groups in total. The van der Waals surface area contributed by atoms with Crippen molar-refractivity contribution in [3.8, 4) is 0 Å². The lowest BCUT2D eigenvalue weighted by atomic mass is 9.33. The molecule has 0 fully saturated rings. The summed E-state index contributed by atoms with van der Waals surface area (Å²) in [7, 11) is 0. The van der Waals surface area contributed by atoms with Crippen LogP contribution in [0.3, 0.4) is 0 Å². The molecule has 0 unspecified atom stereocenters. The van der Waals surface area contributed by atoms with Crippen LogP contribution in [0.15, 0.2) is 128 Å². The molecule has 2 heterocycles. The minimum Gasteiger partial charge on any atom is -0.311 e. The molecule has 0 saturated heterocycles. The highest BCUT2D eigenvalue weighted by atomic mass is 15.2. The lowest BCUT2D eigenvalue weighted by Crippen LogP contribution is -2.61. The van der Waals surface area contributed by atoms with Gasteiger partial charge in [0.25, 0.3) is 6.71 Å². The molecule has 7 aromatic rings. The Morgan fingerprint density at radius 1 is 0.365 bits per heavy atom. The van der Waals surface area contributed by atoms with E-state index in [1.54, 1.807) is 0 Å². The van der Waals surface area contributed by atoms with Gasteiger partial charge in [0, 0.05) is 39.8 Å². The zero-order chi connectivity index (χ0) is 53.9. The van der Waals surface area contributed by atoms with Crippen molar-refractivity contribution in [3.05, 3.63) is 190 Å². The summed E-state index contributed by atoms with van der Waals surface area (Å²) in [4.78, 5) is 7.75. The van der Waals surface area contributed by atoms with Gasteiger partial charge in [-0.2, -0.15) is 0 Å². The van der Waals surface area contributed by atoms with Gasteiger partial charge in [-0.3, -0.25) is 0 Å². The molecule has 0 radical (unpaired) electrons. The Balaban J connectivity index is 1.43. The second kappa shape index (κ2) is 18.1. The summed E-state index contributed by atoms with van der Waals surface area (Å²) < 4.78 is 0. The van der Waals surface area contributed by atoms with Gasteiger partial charge in [-0.25, -0.2) is 0 Å². The van der Waals surface area contributed by atoms with Gasteiger partial charge in [-0.15, -0.1) is 0 Å². The SMILES string of the molecule is C=Cc1ccc(N(c2ccc(C(C)(C)C)cc2)c2ccc3c(c2)N(c2c(C)cc(C(C)(C)C)cc2C)c2cc(C(C)(C)C)cc4c2B3c2ccc(C(C)(C)C)cc2N4c2c(C)cc(C(C)(C)C)cc2C)cc1C=C. The number of benzene rings is 7. The fourth-order valence-corrected chi connectivity index (χ4v) is 11.6. The Morgan fingerprint density at radius 2 is 0.716 bits per heavy atom. The van der Waals surface area contributed by atoms with Crippen LogP contribution in [0.1, 0.15) is 165 Å². The molecule has 2 aliphatic rings. The van der Waals surface area contributed by atoms with E-state index in [2.05, 4.69) is 275 Å². The molecule has 0 amide bonds. The summed E-state index contributed by atoms with van der Waals surface area (Å²) in [5.41, 5.74) is 28.3. The van der Waals surface area contributed by atoms with Gasteiger partial charge in [0.2, 0.25) is 0 Å². The van der Waals surface area contributed by atoms with Crippen molar-refractivity contribution in [2.75, 3.05) is 14.7 Å². The average molecular weight is 976 g/mol. The van der Waals surface area contributed by atoms with E-state index < -0.39 is 0 Å². The fraction of sp³-hybridized carbons (Fsp3) is 0.343. The van der Waals surface area contributed by atoms with Crippen molar-refractivity contribution in [1.29, 1.82) is 0 Å². The Kier molecular flexibility index (Phi) is 12.8. The maximum absolute atomic E-state index is 4.25. The predicted molar refractivity (Wildman–Crippen MR) is 328 cm³/mol. The molecule has 380 valence electrons. The molecule has 0 spiro atoms. The quantitative estimate of drug-likeness (QED) is 0.147. The number of rotatable bonds is 7. The van der Waals surface area contributed by atoms with E-state index in [1.807, 2.05) is 12.2 Å². The highest BCUT2D eigenvalue weighted by molar-refractivity contribution is 7.00. The van der Waals surface area contributed by atoms with Crippen LogP contribution in [-0.2, 0) is 27.1 Å². The molecule has 9 rings (SSSR count). The van der Waals surface area contributed by atoms with E-state index in [1.165, 1.54) is 101 Å². The number of fused-ring (bicyclic) bond motifs is 4. The molecular formula is C70H82BN3. The third-order valence-corrected chi connectivity index (χ3v) is 16.0. The Bertz CT molecular complexity index is 3340. The van der Waals surface area contributed by atoms with Gasteiger partial charge in [0.05, 0.1) is 11.4 Å². The monoisotopic (exact) mass is 976 g/mol. The summed E-state index contributed by atoms with van der Waals surface area (Å²) in [5.74, 6) is 0. The van der Waals surface area contributed by atoms with Gasteiger partial charge in [0.1, 0.15) is 0 Å². The summed E-state index contributed by atoms with van der Waals surface area (Å²) in [6.45, 7) is 52.6. The van der Waals surface area contributed by atoms with Gasteiger partial charge >= 0.3 is 0 Å². The van der Waals surface area contributed by atoms with Crippen LogP contribution in [0.25, 0.3) is 12.2 Å². The van der Waals surface area contributed by atoms with E-state index in [0.717, 1.165) is 28.2 Å². The minimum atomic E-state index is -0.162. The largest absolute Gasteiger partial charge is 0.311 e. The molecule has 74 heavy (non-hydrogen) atoms. The molecule has 0 atom stereocenters. The van der Waals surface area contributed by atoms with E-state index in [9.17, 15) is 0 Å². The summed E-state index contributed by atoms with van der Waals surface area (Å²) in [6.07, 6.45) is 3.87. The van der Waals surface area contributed by atoms with Crippen molar-refractivity contribution in [1.82, 2.24) is 0 Å². The fourth-order valence-electron chi connectivity index (χ4n) is 11.6. The lowest BCUT2D eigenvalue weighted by Gasteiger charge is -2.47. The smallest absolute Gasteiger partial charge is 0.252 e. The molecule has 4 heteroatoms. The van der Waals surface area contributed by atoms with Gasteiger partial charge in [-0.05, 0) is 187 Å². The first-order valence-electron chi connectivity index (χ1n) is 27.0. The number of hydrogen-bond acceptors (Lipinski definition) is 3. The van der Waals surface area contributed by atoms with Crippen molar-refractivity contribution in [3.63, 3.8) is 0 Å². The van der Waals surface area contributed by atoms with Gasteiger partial charge in [-0.1, -0.05) is 190 Å². The van der Waals surface area contributed by atoms with Crippen molar-refractivity contribution >= 4 is 86.4 Å². The zero-order valence-corrected chi connectivity index (χ0v) is 48.5. The first-order valence-corrected chi connectivity index (χ1v) is 27.0. The number of nitrogens with zero attached hydrogens (tertiary/aromatic N) is 3. The van der Waals surface area contributed by atoms with Gasteiger partial charge < -0.3 is 14.7 Å². The molecule has 0 saturated carbocycles. The topological polar surface area (TPSA) is 9.72 Å².